The van der Waals surface area contributed by atoms with Crippen molar-refractivity contribution >= 4 is 60.7 Å². The maximum atomic E-state index is 13.7. The number of alkyl halides is 3. The quantitative estimate of drug-likeness (QED) is 0.207. The molecule has 0 bridgehead atoms. The van der Waals surface area contributed by atoms with Crippen LogP contribution in [0.15, 0.2) is 48.1 Å². The molecule has 1 aliphatic rings. The average molecular weight is 620 g/mol. The van der Waals surface area contributed by atoms with E-state index in [0.29, 0.717) is 40.3 Å². The van der Waals surface area contributed by atoms with Crippen LogP contribution >= 0.6 is 11.3 Å². The third kappa shape index (κ3) is 6.86. The van der Waals surface area contributed by atoms with Gasteiger partial charge in [-0.15, -0.1) is 11.3 Å². The molecule has 3 N–H and O–H groups in total. The summed E-state index contributed by atoms with van der Waals surface area (Å²) in [5.74, 6) is -0.492. The van der Waals surface area contributed by atoms with Gasteiger partial charge in [0.15, 0.2) is 0 Å². The first kappa shape index (κ1) is 29.4. The largest absolute Gasteiger partial charge is 0.416 e. The van der Waals surface area contributed by atoms with Gasteiger partial charge in [-0.25, -0.2) is 9.97 Å². The van der Waals surface area contributed by atoms with Crippen molar-refractivity contribution in [2.45, 2.75) is 38.6 Å². The van der Waals surface area contributed by atoms with Crippen molar-refractivity contribution in [1.29, 1.82) is 0 Å². The van der Waals surface area contributed by atoms with Crippen LogP contribution in [0.25, 0.3) is 10.2 Å². The molecule has 0 radical (unpaired) electrons. The molecule has 0 saturated heterocycles. The number of halogens is 3. The zero-order valence-electron chi connectivity index (χ0n) is 22.2. The van der Waals surface area contributed by atoms with Gasteiger partial charge in [-0.2, -0.15) is 21.6 Å². The van der Waals surface area contributed by atoms with Crippen molar-refractivity contribution in [3.05, 3.63) is 75.9 Å². The van der Waals surface area contributed by atoms with Crippen molar-refractivity contribution in [2.75, 3.05) is 22.2 Å². The van der Waals surface area contributed by atoms with Crippen LogP contribution in [0.1, 0.15) is 50.2 Å². The lowest BCUT2D eigenvalue weighted by Crippen LogP contribution is -2.17. The number of nitrogens with zero attached hydrogens (tertiary/aromatic N) is 2. The van der Waals surface area contributed by atoms with Crippen LogP contribution in [0.3, 0.4) is 0 Å². The Balaban J connectivity index is 1.34. The summed E-state index contributed by atoms with van der Waals surface area (Å²) >= 11 is 1.34. The molecule has 5 rings (SSSR count). The maximum absolute atomic E-state index is 13.7. The lowest BCUT2D eigenvalue weighted by molar-refractivity contribution is -0.138. The number of hydrogen-bond donors (Lipinski definition) is 3. The number of hydrogen-bond acceptors (Lipinski definition) is 9. The lowest BCUT2D eigenvalue weighted by Gasteiger charge is -2.15. The maximum Gasteiger partial charge on any atom is 0.416 e. The molecule has 0 aliphatic heterocycles. The van der Waals surface area contributed by atoms with Gasteiger partial charge in [-0.3, -0.25) is 13.8 Å². The zero-order chi connectivity index (χ0) is 30.2. The van der Waals surface area contributed by atoms with Crippen LogP contribution < -0.4 is 16.0 Å². The normalized spacial score (nSPS) is 13.6. The minimum atomic E-state index is -4.83. The fraction of sp³-hybridized carbons (Fsp3) is 0.259. The minimum Gasteiger partial charge on any atom is -0.366 e. The highest BCUT2D eigenvalue weighted by molar-refractivity contribution is 7.85. The molecule has 10 nitrogen and oxygen atoms in total. The molecule has 1 saturated carbocycles. The van der Waals surface area contributed by atoms with Gasteiger partial charge in [0.2, 0.25) is 0 Å². The van der Waals surface area contributed by atoms with Crippen LogP contribution in [-0.4, -0.2) is 42.5 Å². The Kier molecular flexibility index (Phi) is 7.92. The van der Waals surface area contributed by atoms with Crippen LogP contribution in [0.2, 0.25) is 0 Å². The number of fused-ring (bicyclic) bond motifs is 1. The molecule has 2 heterocycles. The Morgan fingerprint density at radius 1 is 1.07 bits per heavy atom. The number of benzene rings is 2. The Morgan fingerprint density at radius 3 is 2.52 bits per heavy atom. The number of carbonyl (C=O) groups is 2. The Bertz CT molecular complexity index is 1800. The van der Waals surface area contributed by atoms with Crippen molar-refractivity contribution in [3.8, 4) is 0 Å². The second-order valence-electron chi connectivity index (χ2n) is 9.74. The van der Waals surface area contributed by atoms with E-state index in [1.807, 2.05) is 0 Å². The van der Waals surface area contributed by atoms with Gasteiger partial charge in [0, 0.05) is 28.4 Å². The summed E-state index contributed by atoms with van der Waals surface area (Å²) in [5.41, 5.74) is 0.180. The molecule has 2 aromatic heterocycles. The van der Waals surface area contributed by atoms with Crippen LogP contribution in [0.4, 0.5) is 30.4 Å². The van der Waals surface area contributed by atoms with Gasteiger partial charge < -0.3 is 16.0 Å². The zero-order valence-corrected chi connectivity index (χ0v) is 23.8. The Morgan fingerprint density at radius 2 is 1.83 bits per heavy atom. The number of anilines is 3. The molecule has 2 aromatic carbocycles. The molecule has 1 fully saturated rings. The molecule has 0 spiro atoms. The SMILES string of the molecule is Cc1ccc(C(=O)Nc2ccc(COS(C)(=O)=O)c(C(F)(F)F)c2)cc1NC(=O)c1csc2c(NC3CC3)ncnc12. The summed E-state index contributed by atoms with van der Waals surface area (Å²) in [7, 11) is -3.97. The molecule has 0 unspecified atom stereocenters. The van der Waals surface area contributed by atoms with E-state index in [4.69, 9.17) is 0 Å². The van der Waals surface area contributed by atoms with E-state index in [2.05, 4.69) is 30.1 Å². The van der Waals surface area contributed by atoms with E-state index in [-0.39, 0.29) is 11.3 Å². The first-order valence-electron chi connectivity index (χ1n) is 12.5. The summed E-state index contributed by atoms with van der Waals surface area (Å²) < 4.78 is 68.7. The third-order valence-corrected chi connectivity index (χ3v) is 7.89. The second kappa shape index (κ2) is 11.3. The van der Waals surface area contributed by atoms with Gasteiger partial charge in [0.25, 0.3) is 21.9 Å². The topological polar surface area (TPSA) is 139 Å². The van der Waals surface area contributed by atoms with Crippen molar-refractivity contribution in [2.24, 2.45) is 0 Å². The summed E-state index contributed by atoms with van der Waals surface area (Å²) in [6.45, 7) is 0.919. The van der Waals surface area contributed by atoms with E-state index in [0.717, 1.165) is 29.9 Å². The highest BCUT2D eigenvalue weighted by atomic mass is 32.2. The van der Waals surface area contributed by atoms with E-state index in [1.54, 1.807) is 18.4 Å². The minimum absolute atomic E-state index is 0.0855. The fourth-order valence-electron chi connectivity index (χ4n) is 4.04. The third-order valence-electron chi connectivity index (χ3n) is 6.37. The van der Waals surface area contributed by atoms with Gasteiger partial charge in [-0.05, 0) is 55.2 Å². The molecule has 15 heteroatoms. The van der Waals surface area contributed by atoms with E-state index in [9.17, 15) is 31.2 Å². The fourth-order valence-corrected chi connectivity index (χ4v) is 5.33. The van der Waals surface area contributed by atoms with Crippen molar-refractivity contribution in [3.63, 3.8) is 0 Å². The summed E-state index contributed by atoms with van der Waals surface area (Å²) in [6.07, 6.45) is -0.593. The van der Waals surface area contributed by atoms with E-state index >= 15 is 0 Å². The summed E-state index contributed by atoms with van der Waals surface area (Å²) in [6, 6.07) is 7.80. The molecule has 4 aromatic rings. The summed E-state index contributed by atoms with van der Waals surface area (Å²) in [5, 5.41) is 10.2. The predicted octanol–water partition coefficient (Wildman–Crippen LogP) is 5.57. The van der Waals surface area contributed by atoms with Crippen LogP contribution in [0, 0.1) is 6.92 Å². The number of carbonyl (C=O) groups excluding carboxylic acids is 2. The molecule has 42 heavy (non-hydrogen) atoms. The van der Waals surface area contributed by atoms with Gasteiger partial charge in [0.05, 0.1) is 34.2 Å². The highest BCUT2D eigenvalue weighted by Gasteiger charge is 2.34. The van der Waals surface area contributed by atoms with Crippen molar-refractivity contribution < 1.29 is 35.4 Å². The lowest BCUT2D eigenvalue weighted by atomic mass is 10.1. The molecular formula is C27H24F3N5O5S2. The van der Waals surface area contributed by atoms with Crippen molar-refractivity contribution in [1.82, 2.24) is 9.97 Å². The average Bonchev–Trinajstić information content (AvgIpc) is 3.62. The molecule has 2 amide bonds. The highest BCUT2D eigenvalue weighted by Crippen LogP contribution is 2.35. The van der Waals surface area contributed by atoms with E-state index < -0.39 is 45.8 Å². The molecule has 220 valence electrons. The standard InChI is InChI=1S/C27H24F3N5O5S2/c1-14-3-4-15(25(36)34-18-6-5-16(11-40-42(2,38)39)20(10-18)27(28,29)30)9-21(14)35-26(37)19-12-41-23-22(19)31-13-32-24(23)33-17-7-8-17/h3-6,9-10,12-13,17H,7-8,11H2,1-2H3,(H,34,36)(H,35,37)(H,31,32,33). The number of rotatable bonds is 9. The number of thiophene rings is 1. The smallest absolute Gasteiger partial charge is 0.366 e. The van der Waals surface area contributed by atoms with Crippen LogP contribution in [0.5, 0.6) is 0 Å². The van der Waals surface area contributed by atoms with Gasteiger partial charge >= 0.3 is 6.18 Å². The summed E-state index contributed by atoms with van der Waals surface area (Å²) in [4.78, 5) is 34.7. The first-order valence-corrected chi connectivity index (χ1v) is 15.2. The molecule has 0 atom stereocenters. The Labute approximate surface area is 242 Å². The van der Waals surface area contributed by atoms with Crippen LogP contribution in [-0.2, 0) is 27.1 Å². The van der Waals surface area contributed by atoms with Gasteiger partial charge in [0.1, 0.15) is 12.1 Å². The Hall–Kier alpha value is -4.08. The second-order valence-corrected chi connectivity index (χ2v) is 12.3. The number of amides is 2. The van der Waals surface area contributed by atoms with E-state index in [1.165, 1.54) is 35.9 Å². The molecule has 1 aliphatic carbocycles. The number of nitrogens with one attached hydrogen (secondary N) is 3. The predicted molar refractivity (Wildman–Crippen MR) is 152 cm³/mol. The first-order chi connectivity index (χ1) is 19.8. The monoisotopic (exact) mass is 619 g/mol. The number of aryl methyl sites for hydroxylation is 1. The number of aromatic nitrogens is 2. The molecular weight excluding hydrogens is 595 g/mol. The van der Waals surface area contributed by atoms with Gasteiger partial charge in [-0.1, -0.05) is 12.1 Å².